The van der Waals surface area contributed by atoms with Gasteiger partial charge in [-0.1, -0.05) is 30.3 Å². The molecule has 2 aliphatic heterocycles. The summed E-state index contributed by atoms with van der Waals surface area (Å²) >= 11 is 0. The van der Waals surface area contributed by atoms with Gasteiger partial charge in [0, 0.05) is 12.1 Å². The molecule has 0 saturated heterocycles. The molecule has 4 heteroatoms. The molecule has 0 spiro atoms. The van der Waals surface area contributed by atoms with E-state index in [4.69, 9.17) is 0 Å². The molecule has 2 amide bonds. The number of hydrogen-bond acceptors (Lipinski definition) is 3. The van der Waals surface area contributed by atoms with Gasteiger partial charge in [0.25, 0.3) is 11.8 Å². The van der Waals surface area contributed by atoms with E-state index in [9.17, 15) is 9.59 Å². The average molecular weight is 242 g/mol. The van der Waals surface area contributed by atoms with Crippen LogP contribution >= 0.6 is 0 Å². The van der Waals surface area contributed by atoms with Crippen LogP contribution in [0.2, 0.25) is 0 Å². The van der Waals surface area contributed by atoms with Crippen LogP contribution in [0.5, 0.6) is 0 Å². The van der Waals surface area contributed by atoms with E-state index in [1.54, 1.807) is 0 Å². The molecule has 0 fully saturated rings. The number of nitrogens with zero attached hydrogens (tertiary/aromatic N) is 1. The van der Waals surface area contributed by atoms with Crippen LogP contribution in [0, 0.1) is 0 Å². The fourth-order valence-electron chi connectivity index (χ4n) is 2.43. The third kappa shape index (κ3) is 1.70. The Kier molecular flexibility index (Phi) is 2.63. The second-order valence-electron chi connectivity index (χ2n) is 4.57. The summed E-state index contributed by atoms with van der Waals surface area (Å²) in [4.78, 5) is 25.6. The minimum atomic E-state index is -0.182. The van der Waals surface area contributed by atoms with Crippen LogP contribution in [0.3, 0.4) is 0 Å². The van der Waals surface area contributed by atoms with Crippen molar-refractivity contribution in [2.45, 2.75) is 19.4 Å². The molecule has 3 rings (SSSR count). The van der Waals surface area contributed by atoms with E-state index in [0.717, 1.165) is 18.5 Å². The van der Waals surface area contributed by atoms with Crippen molar-refractivity contribution >= 4 is 11.8 Å². The van der Waals surface area contributed by atoms with E-state index < -0.39 is 0 Å². The minimum absolute atomic E-state index is 0.133. The van der Waals surface area contributed by atoms with Gasteiger partial charge >= 0.3 is 0 Å². The van der Waals surface area contributed by atoms with Crippen molar-refractivity contribution in [3.63, 3.8) is 0 Å². The van der Waals surface area contributed by atoms with Crippen molar-refractivity contribution in [1.29, 1.82) is 0 Å². The highest BCUT2D eigenvalue weighted by Crippen LogP contribution is 2.26. The number of nitrogens with one attached hydrogen (secondary N) is 1. The number of imide groups is 1. The summed E-state index contributed by atoms with van der Waals surface area (Å²) in [5.41, 5.74) is 2.14. The predicted molar refractivity (Wildman–Crippen MR) is 66.3 cm³/mol. The molecule has 1 N–H and O–H groups in total. The normalized spacial score (nSPS) is 19.0. The molecule has 0 saturated carbocycles. The van der Waals surface area contributed by atoms with Gasteiger partial charge in [0.05, 0.1) is 6.54 Å². The summed E-state index contributed by atoms with van der Waals surface area (Å²) in [5, 5.41) is 3.04. The van der Waals surface area contributed by atoms with Crippen LogP contribution in [0.25, 0.3) is 0 Å². The molecule has 0 aromatic heterocycles. The lowest BCUT2D eigenvalue weighted by Crippen LogP contribution is -2.32. The second kappa shape index (κ2) is 4.29. The average Bonchev–Trinajstić information content (AvgIpc) is 2.66. The number of benzene rings is 1. The first-order valence-electron chi connectivity index (χ1n) is 6.14. The Morgan fingerprint density at radius 2 is 1.89 bits per heavy atom. The summed E-state index contributed by atoms with van der Waals surface area (Å²) < 4.78 is 0. The van der Waals surface area contributed by atoms with Crippen molar-refractivity contribution < 1.29 is 9.59 Å². The minimum Gasteiger partial charge on any atom is -0.380 e. The number of rotatable bonds is 2. The predicted octanol–water partition coefficient (Wildman–Crippen LogP) is 1.19. The molecule has 4 nitrogen and oxygen atoms in total. The Balaban J connectivity index is 1.84. The Bertz CT molecular complexity index is 506. The summed E-state index contributed by atoms with van der Waals surface area (Å²) in [6, 6.07) is 9.58. The smallest absolute Gasteiger partial charge is 0.277 e. The lowest BCUT2D eigenvalue weighted by Gasteiger charge is -2.14. The first-order chi connectivity index (χ1) is 8.77. The molecule has 0 radical (unpaired) electrons. The Hall–Kier alpha value is -2.10. The summed E-state index contributed by atoms with van der Waals surface area (Å²) in [7, 11) is 0. The maximum absolute atomic E-state index is 12.2. The van der Waals surface area contributed by atoms with E-state index in [1.165, 1.54) is 4.90 Å². The van der Waals surface area contributed by atoms with Gasteiger partial charge in [0.1, 0.15) is 5.70 Å². The number of carbonyl (C=O) groups excluding carboxylic acids is 2. The van der Waals surface area contributed by atoms with Crippen molar-refractivity contribution in [3.8, 4) is 0 Å². The van der Waals surface area contributed by atoms with Gasteiger partial charge in [-0.2, -0.15) is 0 Å². The van der Waals surface area contributed by atoms with E-state index in [0.29, 0.717) is 24.2 Å². The zero-order chi connectivity index (χ0) is 12.5. The fourth-order valence-corrected chi connectivity index (χ4v) is 2.43. The van der Waals surface area contributed by atoms with Crippen molar-refractivity contribution in [2.24, 2.45) is 0 Å². The molecule has 0 unspecified atom stereocenters. The van der Waals surface area contributed by atoms with Gasteiger partial charge in [0.2, 0.25) is 0 Å². The Morgan fingerprint density at radius 1 is 1.11 bits per heavy atom. The van der Waals surface area contributed by atoms with Crippen LogP contribution in [0.1, 0.15) is 18.4 Å². The van der Waals surface area contributed by atoms with E-state index in [-0.39, 0.29) is 11.8 Å². The monoisotopic (exact) mass is 242 g/mol. The third-order valence-corrected chi connectivity index (χ3v) is 3.35. The topological polar surface area (TPSA) is 49.4 Å². The quantitative estimate of drug-likeness (QED) is 0.793. The standard InChI is InChI=1S/C14H14N2O2/c17-13-11-7-4-8-15-12(11)14(18)16(13)9-10-5-2-1-3-6-10/h1-3,5-6,15H,4,7-9H2. The molecule has 18 heavy (non-hydrogen) atoms. The highest BCUT2D eigenvalue weighted by atomic mass is 16.2. The number of hydrogen-bond donors (Lipinski definition) is 1. The van der Waals surface area contributed by atoms with E-state index >= 15 is 0 Å². The number of carbonyl (C=O) groups is 2. The maximum atomic E-state index is 12.2. The summed E-state index contributed by atoms with van der Waals surface area (Å²) in [6.45, 7) is 1.13. The molecule has 0 atom stereocenters. The third-order valence-electron chi connectivity index (χ3n) is 3.35. The number of amides is 2. The largest absolute Gasteiger partial charge is 0.380 e. The maximum Gasteiger partial charge on any atom is 0.277 e. The van der Waals surface area contributed by atoms with Crippen LogP contribution in [-0.4, -0.2) is 23.3 Å². The fraction of sp³-hybridized carbons (Fsp3) is 0.286. The van der Waals surface area contributed by atoms with Crippen LogP contribution in [0.4, 0.5) is 0 Å². The lowest BCUT2D eigenvalue weighted by atomic mass is 10.1. The van der Waals surface area contributed by atoms with Crippen LogP contribution in [0.15, 0.2) is 41.6 Å². The van der Waals surface area contributed by atoms with Crippen molar-refractivity contribution in [2.75, 3.05) is 6.54 Å². The van der Waals surface area contributed by atoms with Crippen molar-refractivity contribution in [1.82, 2.24) is 10.2 Å². The molecule has 0 aliphatic carbocycles. The molecule has 0 bridgehead atoms. The van der Waals surface area contributed by atoms with Crippen LogP contribution in [-0.2, 0) is 16.1 Å². The van der Waals surface area contributed by atoms with Crippen LogP contribution < -0.4 is 5.32 Å². The molecular formula is C14H14N2O2. The lowest BCUT2D eigenvalue weighted by molar-refractivity contribution is -0.138. The molecule has 1 aromatic rings. The zero-order valence-electron chi connectivity index (χ0n) is 9.98. The molecule has 1 aromatic carbocycles. The molecule has 2 heterocycles. The van der Waals surface area contributed by atoms with Gasteiger partial charge in [-0.3, -0.25) is 14.5 Å². The van der Waals surface area contributed by atoms with Gasteiger partial charge < -0.3 is 5.32 Å². The Labute approximate surface area is 105 Å². The summed E-state index contributed by atoms with van der Waals surface area (Å²) in [5.74, 6) is -0.315. The zero-order valence-corrected chi connectivity index (χ0v) is 9.98. The first kappa shape index (κ1) is 11.0. The second-order valence-corrected chi connectivity index (χ2v) is 4.57. The molecule has 92 valence electrons. The highest BCUT2D eigenvalue weighted by molar-refractivity contribution is 6.19. The molecule has 2 aliphatic rings. The van der Waals surface area contributed by atoms with E-state index in [1.807, 2.05) is 30.3 Å². The van der Waals surface area contributed by atoms with E-state index in [2.05, 4.69) is 5.32 Å². The van der Waals surface area contributed by atoms with Gasteiger partial charge in [0.15, 0.2) is 0 Å². The van der Waals surface area contributed by atoms with Gasteiger partial charge in [-0.05, 0) is 18.4 Å². The highest BCUT2D eigenvalue weighted by Gasteiger charge is 2.38. The summed E-state index contributed by atoms with van der Waals surface area (Å²) in [6.07, 6.45) is 1.62. The Morgan fingerprint density at radius 3 is 2.61 bits per heavy atom. The first-order valence-corrected chi connectivity index (χ1v) is 6.14. The van der Waals surface area contributed by atoms with Crippen molar-refractivity contribution in [3.05, 3.63) is 47.2 Å². The van der Waals surface area contributed by atoms with Gasteiger partial charge in [-0.15, -0.1) is 0 Å². The SMILES string of the molecule is O=C1C2=C(NCCC2)C(=O)N1Cc1ccccc1. The molecular weight excluding hydrogens is 228 g/mol. The van der Waals surface area contributed by atoms with Gasteiger partial charge in [-0.25, -0.2) is 0 Å².